The summed E-state index contributed by atoms with van der Waals surface area (Å²) in [5.74, 6) is 0. The normalized spacial score (nSPS) is 13.4. The summed E-state index contributed by atoms with van der Waals surface area (Å²) in [4.78, 5) is 13.3. The molecule has 5 nitrogen and oxygen atoms in total. The first-order chi connectivity index (χ1) is 11.0. The van der Waals surface area contributed by atoms with Crippen LogP contribution in [0.3, 0.4) is 0 Å². The molecule has 0 aliphatic heterocycles. The molecule has 0 aliphatic carbocycles. The van der Waals surface area contributed by atoms with Crippen molar-refractivity contribution >= 4 is 23.5 Å². The van der Waals surface area contributed by atoms with Gasteiger partial charge in [0.15, 0.2) is 0 Å². The molecule has 2 aromatic rings. The van der Waals surface area contributed by atoms with Crippen molar-refractivity contribution in [2.45, 2.75) is 50.3 Å². The van der Waals surface area contributed by atoms with Crippen molar-refractivity contribution in [1.29, 1.82) is 0 Å². The summed E-state index contributed by atoms with van der Waals surface area (Å²) in [5.41, 5.74) is 2.54. The molecule has 0 saturated carbocycles. The van der Waals surface area contributed by atoms with Crippen LogP contribution in [-0.2, 0) is 0 Å². The van der Waals surface area contributed by atoms with Crippen LogP contribution < -0.4 is 10.6 Å². The van der Waals surface area contributed by atoms with Gasteiger partial charge in [-0.25, -0.2) is 4.79 Å². The van der Waals surface area contributed by atoms with E-state index in [1.165, 1.54) is 11.2 Å². The molecule has 2 N–H and O–H groups in total. The molecule has 0 radical (unpaired) electrons. The molecule has 6 heteroatoms. The number of hydrogen-bond donors (Lipinski definition) is 2. The fourth-order valence-electron chi connectivity index (χ4n) is 2.04. The number of thioether (sulfide) groups is 1. The third kappa shape index (κ3) is 5.03. The maximum atomic E-state index is 12.1. The van der Waals surface area contributed by atoms with Crippen LogP contribution in [0.1, 0.15) is 44.5 Å². The maximum absolute atomic E-state index is 12.1. The van der Waals surface area contributed by atoms with Crippen LogP contribution in [-0.4, -0.2) is 16.4 Å². The van der Waals surface area contributed by atoms with E-state index in [0.717, 1.165) is 17.7 Å². The number of anilines is 1. The smallest absolute Gasteiger partial charge is 0.319 e. The number of nitrogens with zero attached hydrogens (tertiary/aromatic N) is 1. The van der Waals surface area contributed by atoms with Gasteiger partial charge in [0.1, 0.15) is 12.0 Å². The Balaban J connectivity index is 1.95. The molecule has 0 fully saturated rings. The molecule has 0 aliphatic rings. The lowest BCUT2D eigenvalue weighted by atomic mass is 10.2. The van der Waals surface area contributed by atoms with E-state index in [1.54, 1.807) is 6.07 Å². The van der Waals surface area contributed by atoms with Gasteiger partial charge < -0.3 is 15.2 Å². The summed E-state index contributed by atoms with van der Waals surface area (Å²) in [5, 5.41) is 10.1. The Bertz CT molecular complexity index is 643. The summed E-state index contributed by atoms with van der Waals surface area (Å²) in [6, 6.07) is 7.35. The van der Waals surface area contributed by atoms with Gasteiger partial charge in [-0.05, 0) is 44.0 Å². The number of carbonyl (C=O) groups is 1. The topological polar surface area (TPSA) is 67.2 Å². The zero-order chi connectivity index (χ0) is 16.8. The largest absolute Gasteiger partial charge is 0.364 e. The van der Waals surface area contributed by atoms with E-state index in [9.17, 15) is 4.79 Å². The van der Waals surface area contributed by atoms with Crippen molar-refractivity contribution in [2.75, 3.05) is 5.32 Å². The SMILES string of the molecule is CC[C@H](C)Sc1ccc(NC(=O)N[C@@H](C)c2ccon2)c(C)c1. The Kier molecular flexibility index (Phi) is 6.10. The number of nitrogens with one attached hydrogen (secondary N) is 2. The third-order valence-corrected chi connectivity index (χ3v) is 4.87. The minimum absolute atomic E-state index is 0.214. The molecule has 1 aromatic carbocycles. The van der Waals surface area contributed by atoms with E-state index < -0.39 is 0 Å². The average molecular weight is 333 g/mol. The number of amides is 2. The van der Waals surface area contributed by atoms with Crippen LogP contribution in [0.25, 0.3) is 0 Å². The Labute approximate surface area is 141 Å². The van der Waals surface area contributed by atoms with Gasteiger partial charge in [0, 0.05) is 21.9 Å². The van der Waals surface area contributed by atoms with E-state index in [2.05, 4.69) is 35.7 Å². The third-order valence-electron chi connectivity index (χ3n) is 3.61. The van der Waals surface area contributed by atoms with Crippen molar-refractivity contribution in [3.05, 3.63) is 41.8 Å². The molecule has 23 heavy (non-hydrogen) atoms. The van der Waals surface area contributed by atoms with E-state index in [1.807, 2.05) is 37.7 Å². The highest BCUT2D eigenvalue weighted by Gasteiger charge is 2.13. The van der Waals surface area contributed by atoms with Crippen molar-refractivity contribution < 1.29 is 9.32 Å². The highest BCUT2D eigenvalue weighted by molar-refractivity contribution is 7.99. The summed E-state index contributed by atoms with van der Waals surface area (Å²) in [6.45, 7) is 8.25. The van der Waals surface area contributed by atoms with Gasteiger partial charge in [0.25, 0.3) is 0 Å². The van der Waals surface area contributed by atoms with Gasteiger partial charge in [-0.1, -0.05) is 19.0 Å². The zero-order valence-electron chi connectivity index (χ0n) is 13.9. The Morgan fingerprint density at radius 3 is 2.74 bits per heavy atom. The van der Waals surface area contributed by atoms with Crippen LogP contribution in [0, 0.1) is 6.92 Å². The highest BCUT2D eigenvalue weighted by Crippen LogP contribution is 2.28. The number of benzene rings is 1. The van der Waals surface area contributed by atoms with Gasteiger partial charge in [-0.2, -0.15) is 0 Å². The molecule has 1 aromatic heterocycles. The number of aryl methyl sites for hydroxylation is 1. The molecule has 2 atom stereocenters. The predicted octanol–water partition coefficient (Wildman–Crippen LogP) is 4.76. The first kappa shape index (κ1) is 17.4. The summed E-state index contributed by atoms with van der Waals surface area (Å²) in [6.07, 6.45) is 2.62. The Morgan fingerprint density at radius 1 is 1.35 bits per heavy atom. The minimum Gasteiger partial charge on any atom is -0.364 e. The summed E-state index contributed by atoms with van der Waals surface area (Å²) >= 11 is 1.85. The summed E-state index contributed by atoms with van der Waals surface area (Å²) in [7, 11) is 0. The standard InChI is InChI=1S/C17H23N3O2S/c1-5-12(3)23-14-6-7-15(11(2)10-14)19-17(21)18-13(4)16-8-9-22-20-16/h6-10,12-13H,5H2,1-4H3,(H2,18,19,21)/t12-,13-/m0/s1. The molecule has 124 valence electrons. The van der Waals surface area contributed by atoms with Crippen LogP contribution in [0.15, 0.2) is 39.9 Å². The van der Waals surface area contributed by atoms with Gasteiger partial charge >= 0.3 is 6.03 Å². The predicted molar refractivity (Wildman–Crippen MR) is 93.9 cm³/mol. The fourth-order valence-corrected chi connectivity index (χ4v) is 3.06. The van der Waals surface area contributed by atoms with Crippen molar-refractivity contribution in [2.24, 2.45) is 0 Å². The first-order valence-electron chi connectivity index (χ1n) is 7.74. The van der Waals surface area contributed by atoms with Gasteiger partial charge in [-0.3, -0.25) is 0 Å². The van der Waals surface area contributed by atoms with E-state index in [0.29, 0.717) is 10.9 Å². The number of rotatable bonds is 6. The van der Waals surface area contributed by atoms with Crippen molar-refractivity contribution in [3.63, 3.8) is 0 Å². The number of urea groups is 1. The molecule has 0 unspecified atom stereocenters. The average Bonchev–Trinajstić information content (AvgIpc) is 3.04. The molecule has 0 bridgehead atoms. The first-order valence-corrected chi connectivity index (χ1v) is 8.62. The second kappa shape index (κ2) is 8.06. The van der Waals surface area contributed by atoms with E-state index in [-0.39, 0.29) is 12.1 Å². The number of aromatic nitrogens is 1. The van der Waals surface area contributed by atoms with E-state index in [4.69, 9.17) is 4.52 Å². The number of hydrogen-bond acceptors (Lipinski definition) is 4. The lowest BCUT2D eigenvalue weighted by molar-refractivity contribution is 0.248. The van der Waals surface area contributed by atoms with Gasteiger partial charge in [-0.15, -0.1) is 11.8 Å². The molecular weight excluding hydrogens is 310 g/mol. The molecule has 2 rings (SSSR count). The highest BCUT2D eigenvalue weighted by atomic mass is 32.2. The van der Waals surface area contributed by atoms with Gasteiger partial charge in [0.2, 0.25) is 0 Å². The van der Waals surface area contributed by atoms with Crippen LogP contribution in [0.4, 0.5) is 10.5 Å². The van der Waals surface area contributed by atoms with E-state index >= 15 is 0 Å². The second-order valence-electron chi connectivity index (χ2n) is 5.56. The second-order valence-corrected chi connectivity index (χ2v) is 7.07. The van der Waals surface area contributed by atoms with Crippen LogP contribution in [0.5, 0.6) is 0 Å². The lowest BCUT2D eigenvalue weighted by Gasteiger charge is -2.15. The van der Waals surface area contributed by atoms with Crippen LogP contribution in [0.2, 0.25) is 0 Å². The zero-order valence-corrected chi connectivity index (χ0v) is 14.7. The van der Waals surface area contributed by atoms with Gasteiger partial charge in [0.05, 0.1) is 6.04 Å². The monoisotopic (exact) mass is 333 g/mol. The molecular formula is C17H23N3O2S. The molecule has 0 saturated heterocycles. The lowest BCUT2D eigenvalue weighted by Crippen LogP contribution is -2.31. The molecule has 1 heterocycles. The quantitative estimate of drug-likeness (QED) is 0.748. The summed E-state index contributed by atoms with van der Waals surface area (Å²) < 4.78 is 4.78. The fraction of sp³-hybridized carbons (Fsp3) is 0.412. The molecule has 0 spiro atoms. The molecule has 2 amide bonds. The maximum Gasteiger partial charge on any atom is 0.319 e. The van der Waals surface area contributed by atoms with Crippen molar-refractivity contribution in [1.82, 2.24) is 10.5 Å². The minimum atomic E-state index is -0.258. The number of carbonyl (C=O) groups excluding carboxylic acids is 1. The Hall–Kier alpha value is -1.95. The Morgan fingerprint density at radius 2 is 2.13 bits per heavy atom. The van der Waals surface area contributed by atoms with Crippen molar-refractivity contribution in [3.8, 4) is 0 Å². The van der Waals surface area contributed by atoms with Crippen LogP contribution >= 0.6 is 11.8 Å².